The van der Waals surface area contributed by atoms with E-state index in [1.54, 1.807) is 12.1 Å². The highest BCUT2D eigenvalue weighted by Crippen LogP contribution is 2.31. The van der Waals surface area contributed by atoms with E-state index >= 15 is 0 Å². The van der Waals surface area contributed by atoms with Crippen LogP contribution in [0.4, 0.5) is 0 Å². The van der Waals surface area contributed by atoms with E-state index in [0.717, 1.165) is 44.7 Å². The van der Waals surface area contributed by atoms with E-state index in [4.69, 9.17) is 4.74 Å². The number of benzene rings is 1. The first-order chi connectivity index (χ1) is 10.7. The number of rotatable bonds is 6. The van der Waals surface area contributed by atoms with Gasteiger partial charge in [-0.05, 0) is 37.6 Å². The Morgan fingerprint density at radius 1 is 1.27 bits per heavy atom. The van der Waals surface area contributed by atoms with Crippen molar-refractivity contribution < 1.29 is 9.84 Å². The van der Waals surface area contributed by atoms with Gasteiger partial charge in [-0.2, -0.15) is 5.26 Å². The lowest BCUT2D eigenvalue weighted by molar-refractivity contribution is 0.114. The van der Waals surface area contributed by atoms with E-state index < -0.39 is 0 Å². The Kier molecular flexibility index (Phi) is 6.05. The summed E-state index contributed by atoms with van der Waals surface area (Å²) in [5, 5.41) is 19.4. The Labute approximate surface area is 132 Å². The van der Waals surface area contributed by atoms with Gasteiger partial charge in [0, 0.05) is 26.2 Å². The first-order valence-electron chi connectivity index (χ1n) is 8.01. The maximum Gasteiger partial charge on any atom is 0.161 e. The molecule has 1 aromatic rings. The van der Waals surface area contributed by atoms with Gasteiger partial charge in [0.25, 0.3) is 0 Å². The van der Waals surface area contributed by atoms with Crippen molar-refractivity contribution in [1.82, 2.24) is 9.80 Å². The minimum absolute atomic E-state index is 0.120. The van der Waals surface area contributed by atoms with E-state index in [0.29, 0.717) is 12.4 Å². The molecular weight excluding hydrogens is 278 g/mol. The van der Waals surface area contributed by atoms with Crippen LogP contribution in [0.5, 0.6) is 11.5 Å². The molecule has 1 atom stereocenters. The zero-order chi connectivity index (χ0) is 15.9. The quantitative estimate of drug-likeness (QED) is 0.874. The first-order valence-corrected chi connectivity index (χ1v) is 8.01. The second-order valence-electron chi connectivity index (χ2n) is 5.57. The number of hydrogen-bond donors (Lipinski definition) is 1. The van der Waals surface area contributed by atoms with Crippen LogP contribution in [0.1, 0.15) is 31.9 Å². The van der Waals surface area contributed by atoms with Gasteiger partial charge in [-0.25, -0.2) is 0 Å². The van der Waals surface area contributed by atoms with Crippen LogP contribution >= 0.6 is 0 Å². The maximum atomic E-state index is 9.80. The molecule has 5 nitrogen and oxygen atoms in total. The molecule has 0 amide bonds. The molecule has 120 valence electrons. The van der Waals surface area contributed by atoms with Crippen LogP contribution in [-0.4, -0.2) is 54.2 Å². The number of ether oxygens (including phenoxy) is 1. The van der Waals surface area contributed by atoms with Crippen LogP contribution < -0.4 is 4.74 Å². The van der Waals surface area contributed by atoms with Gasteiger partial charge in [-0.3, -0.25) is 4.90 Å². The van der Waals surface area contributed by atoms with Crippen molar-refractivity contribution in [2.45, 2.75) is 26.3 Å². The molecule has 2 rings (SSSR count). The Bertz CT molecular complexity index is 519. The summed E-state index contributed by atoms with van der Waals surface area (Å²) in [7, 11) is 0. The zero-order valence-corrected chi connectivity index (χ0v) is 13.5. The summed E-state index contributed by atoms with van der Waals surface area (Å²) in [5.41, 5.74) is 0.882. The summed E-state index contributed by atoms with van der Waals surface area (Å²) in [4.78, 5) is 4.64. The van der Waals surface area contributed by atoms with Gasteiger partial charge < -0.3 is 14.7 Å². The molecule has 1 N–H and O–H groups in total. The highest BCUT2D eigenvalue weighted by molar-refractivity contribution is 5.44. The minimum Gasteiger partial charge on any atom is -0.504 e. The molecule has 0 radical (unpaired) electrons. The third kappa shape index (κ3) is 3.90. The van der Waals surface area contributed by atoms with Crippen molar-refractivity contribution in [3.63, 3.8) is 0 Å². The second-order valence-corrected chi connectivity index (χ2v) is 5.57. The monoisotopic (exact) mass is 303 g/mol. The highest BCUT2D eigenvalue weighted by atomic mass is 16.5. The van der Waals surface area contributed by atoms with Crippen LogP contribution in [0, 0.1) is 11.3 Å². The molecule has 1 unspecified atom stereocenters. The third-order valence-electron chi connectivity index (χ3n) is 4.03. The topological polar surface area (TPSA) is 59.7 Å². The van der Waals surface area contributed by atoms with Crippen LogP contribution in [-0.2, 0) is 0 Å². The maximum absolute atomic E-state index is 9.80. The molecule has 0 aliphatic carbocycles. The molecule has 1 saturated heterocycles. The number of nitrogens with zero attached hydrogens (tertiary/aromatic N) is 3. The van der Waals surface area contributed by atoms with Gasteiger partial charge in [0.1, 0.15) is 6.04 Å². The Morgan fingerprint density at radius 2 is 2.00 bits per heavy atom. The average molecular weight is 303 g/mol. The number of hydrogen-bond acceptors (Lipinski definition) is 5. The van der Waals surface area contributed by atoms with Gasteiger partial charge in [0.15, 0.2) is 11.5 Å². The first kappa shape index (κ1) is 16.6. The largest absolute Gasteiger partial charge is 0.504 e. The fourth-order valence-corrected chi connectivity index (χ4v) is 2.90. The van der Waals surface area contributed by atoms with Crippen LogP contribution in [0.15, 0.2) is 18.2 Å². The fraction of sp³-hybridized carbons (Fsp3) is 0.588. The summed E-state index contributed by atoms with van der Waals surface area (Å²) in [5.74, 6) is 0.569. The molecule has 1 heterocycles. The lowest BCUT2D eigenvalue weighted by atomic mass is 10.0. The van der Waals surface area contributed by atoms with E-state index in [1.807, 2.05) is 13.0 Å². The fourth-order valence-electron chi connectivity index (χ4n) is 2.90. The van der Waals surface area contributed by atoms with Crippen LogP contribution in [0.2, 0.25) is 0 Å². The number of nitriles is 1. The number of phenolic OH excluding ortho intramolecular Hbond substituents is 1. The van der Waals surface area contributed by atoms with Crippen molar-refractivity contribution in [3.05, 3.63) is 23.8 Å². The summed E-state index contributed by atoms with van der Waals surface area (Å²) >= 11 is 0. The summed E-state index contributed by atoms with van der Waals surface area (Å²) in [6, 6.07) is 7.31. The summed E-state index contributed by atoms with van der Waals surface area (Å²) in [6.07, 6.45) is 1.16. The normalized spacial score (nSPS) is 17.9. The van der Waals surface area contributed by atoms with Gasteiger partial charge in [0.2, 0.25) is 0 Å². The van der Waals surface area contributed by atoms with Crippen molar-refractivity contribution >= 4 is 0 Å². The molecule has 1 fully saturated rings. The van der Waals surface area contributed by atoms with E-state index in [9.17, 15) is 10.4 Å². The van der Waals surface area contributed by atoms with Crippen molar-refractivity contribution in [2.24, 2.45) is 0 Å². The van der Waals surface area contributed by atoms with E-state index in [2.05, 4.69) is 22.8 Å². The standard InChI is InChI=1S/C17H25N3O2/c1-3-7-19-8-10-20(11-9-19)15(13-18)14-5-6-16(21)17(12-14)22-4-2/h5-6,12,15,21H,3-4,7-11H2,1-2H3. The van der Waals surface area contributed by atoms with Gasteiger partial charge in [0.05, 0.1) is 12.7 Å². The van der Waals surface area contributed by atoms with Crippen molar-refractivity contribution in [3.8, 4) is 17.6 Å². The minimum atomic E-state index is -0.288. The molecule has 5 heteroatoms. The lowest BCUT2D eigenvalue weighted by Gasteiger charge is -2.37. The van der Waals surface area contributed by atoms with Crippen molar-refractivity contribution in [1.29, 1.82) is 5.26 Å². The Hall–Kier alpha value is -1.77. The molecule has 0 bridgehead atoms. The number of phenols is 1. The molecule has 1 aromatic carbocycles. The molecular formula is C17H25N3O2. The van der Waals surface area contributed by atoms with Gasteiger partial charge in [-0.15, -0.1) is 0 Å². The molecule has 0 saturated carbocycles. The third-order valence-corrected chi connectivity index (χ3v) is 4.03. The Balaban J connectivity index is 2.09. The van der Waals surface area contributed by atoms with Gasteiger partial charge in [-0.1, -0.05) is 13.0 Å². The number of aromatic hydroxyl groups is 1. The average Bonchev–Trinajstić information content (AvgIpc) is 2.53. The smallest absolute Gasteiger partial charge is 0.161 e. The lowest BCUT2D eigenvalue weighted by Crippen LogP contribution is -2.47. The molecule has 1 aliphatic heterocycles. The van der Waals surface area contributed by atoms with Crippen LogP contribution in [0.3, 0.4) is 0 Å². The van der Waals surface area contributed by atoms with E-state index in [1.165, 1.54) is 0 Å². The summed E-state index contributed by atoms with van der Waals surface area (Å²) < 4.78 is 5.42. The highest BCUT2D eigenvalue weighted by Gasteiger charge is 2.25. The summed E-state index contributed by atoms with van der Waals surface area (Å²) in [6.45, 7) is 9.47. The molecule has 1 aliphatic rings. The molecule has 0 aromatic heterocycles. The predicted octanol–water partition coefficient (Wildman–Crippen LogP) is 2.38. The number of piperazine rings is 1. The van der Waals surface area contributed by atoms with E-state index in [-0.39, 0.29) is 11.8 Å². The zero-order valence-electron chi connectivity index (χ0n) is 13.5. The molecule has 0 spiro atoms. The second kappa shape index (κ2) is 8.02. The van der Waals surface area contributed by atoms with Gasteiger partial charge >= 0.3 is 0 Å². The Morgan fingerprint density at radius 3 is 2.59 bits per heavy atom. The van der Waals surface area contributed by atoms with Crippen LogP contribution in [0.25, 0.3) is 0 Å². The predicted molar refractivity (Wildman–Crippen MR) is 85.9 cm³/mol. The van der Waals surface area contributed by atoms with Crippen molar-refractivity contribution in [2.75, 3.05) is 39.3 Å². The molecule has 22 heavy (non-hydrogen) atoms. The SMILES string of the molecule is CCCN1CCN(C(C#N)c2ccc(O)c(OCC)c2)CC1.